The highest BCUT2D eigenvalue weighted by Crippen LogP contribution is 2.28. The number of amides is 2. The summed E-state index contributed by atoms with van der Waals surface area (Å²) in [5, 5.41) is 8.97. The first-order valence-corrected chi connectivity index (χ1v) is 6.89. The van der Waals surface area contributed by atoms with E-state index in [1.54, 1.807) is 0 Å². The van der Waals surface area contributed by atoms with E-state index in [9.17, 15) is 14.0 Å². The van der Waals surface area contributed by atoms with Gasteiger partial charge in [-0.05, 0) is 12.1 Å². The van der Waals surface area contributed by atoms with E-state index in [1.165, 1.54) is 12.1 Å². The maximum absolute atomic E-state index is 14.3. The number of benzene rings is 1. The van der Waals surface area contributed by atoms with Crippen molar-refractivity contribution < 1.29 is 28.6 Å². The number of hydrogen-bond acceptors (Lipinski definition) is 6. The monoisotopic (exact) mass is 310 g/mol. The van der Waals surface area contributed by atoms with E-state index in [-0.39, 0.29) is 5.69 Å². The van der Waals surface area contributed by atoms with Crippen LogP contribution in [-0.2, 0) is 14.3 Å². The second-order valence-electron chi connectivity index (χ2n) is 4.96. The van der Waals surface area contributed by atoms with Crippen LogP contribution in [0.4, 0.5) is 20.6 Å². The molecule has 2 aliphatic rings. The molecule has 2 heterocycles. The molecular formula is C14H15FN2O5. The van der Waals surface area contributed by atoms with Gasteiger partial charge in [-0.2, -0.15) is 0 Å². The second kappa shape index (κ2) is 5.90. The number of ether oxygens (including phenoxy) is 2. The van der Waals surface area contributed by atoms with Gasteiger partial charge in [0.2, 0.25) is 6.10 Å². The Balaban J connectivity index is 1.85. The molecule has 22 heavy (non-hydrogen) atoms. The number of hydrogen-bond donors (Lipinski definition) is 1. The Morgan fingerprint density at radius 3 is 2.59 bits per heavy atom. The van der Waals surface area contributed by atoms with Gasteiger partial charge in [-0.3, -0.25) is 4.79 Å². The van der Waals surface area contributed by atoms with Gasteiger partial charge in [0.05, 0.1) is 31.2 Å². The molecule has 1 aromatic rings. The van der Waals surface area contributed by atoms with E-state index in [2.05, 4.69) is 0 Å². The minimum absolute atomic E-state index is 0.0838. The van der Waals surface area contributed by atoms with Crippen molar-refractivity contribution in [1.29, 1.82) is 0 Å². The SMILES string of the molecule is O=C1O[C@H](CO)C(=O)N1c1ccc(N2CCOCC2)c(F)c1. The Morgan fingerprint density at radius 2 is 2.00 bits per heavy atom. The van der Waals surface area contributed by atoms with E-state index in [0.29, 0.717) is 32.0 Å². The lowest BCUT2D eigenvalue weighted by atomic mass is 10.2. The number of aliphatic hydroxyl groups excluding tert-OH is 1. The number of morpholine rings is 1. The third-order valence-corrected chi connectivity index (χ3v) is 3.63. The maximum Gasteiger partial charge on any atom is 0.422 e. The Morgan fingerprint density at radius 1 is 1.27 bits per heavy atom. The third-order valence-electron chi connectivity index (χ3n) is 3.63. The number of cyclic esters (lactones) is 1. The molecular weight excluding hydrogens is 295 g/mol. The minimum Gasteiger partial charge on any atom is -0.433 e. The summed E-state index contributed by atoms with van der Waals surface area (Å²) in [5.41, 5.74) is 0.478. The summed E-state index contributed by atoms with van der Waals surface area (Å²) < 4.78 is 24.2. The number of aliphatic hydroxyl groups is 1. The highest BCUT2D eigenvalue weighted by molar-refractivity contribution is 6.18. The lowest BCUT2D eigenvalue weighted by Gasteiger charge is -2.29. The summed E-state index contributed by atoms with van der Waals surface area (Å²) in [7, 11) is 0. The average molecular weight is 310 g/mol. The van der Waals surface area contributed by atoms with Crippen LogP contribution >= 0.6 is 0 Å². The number of nitrogens with zero attached hydrogens (tertiary/aromatic N) is 2. The van der Waals surface area contributed by atoms with Crippen molar-refractivity contribution in [3.63, 3.8) is 0 Å². The first-order valence-electron chi connectivity index (χ1n) is 6.89. The quantitative estimate of drug-likeness (QED) is 0.876. The highest BCUT2D eigenvalue weighted by atomic mass is 19.1. The van der Waals surface area contributed by atoms with Gasteiger partial charge in [0, 0.05) is 19.2 Å². The van der Waals surface area contributed by atoms with Crippen molar-refractivity contribution in [2.45, 2.75) is 6.10 Å². The van der Waals surface area contributed by atoms with Crippen molar-refractivity contribution in [2.24, 2.45) is 0 Å². The Hall–Kier alpha value is -2.19. The first kappa shape index (κ1) is 14.7. The van der Waals surface area contributed by atoms with E-state index in [0.717, 1.165) is 11.0 Å². The van der Waals surface area contributed by atoms with Crippen molar-refractivity contribution >= 4 is 23.4 Å². The molecule has 7 nitrogen and oxygen atoms in total. The molecule has 2 fully saturated rings. The van der Waals surface area contributed by atoms with Crippen LogP contribution in [0, 0.1) is 5.82 Å². The van der Waals surface area contributed by atoms with Crippen LogP contribution < -0.4 is 9.80 Å². The second-order valence-corrected chi connectivity index (χ2v) is 4.96. The van der Waals surface area contributed by atoms with Gasteiger partial charge in [0.15, 0.2) is 0 Å². The fraction of sp³-hybridized carbons (Fsp3) is 0.429. The molecule has 0 aromatic heterocycles. The predicted octanol–water partition coefficient (Wildman–Crippen LogP) is 0.506. The normalized spacial score (nSPS) is 22.2. The van der Waals surface area contributed by atoms with Crippen LogP contribution in [0.2, 0.25) is 0 Å². The molecule has 3 rings (SSSR count). The molecule has 1 N–H and O–H groups in total. The summed E-state index contributed by atoms with van der Waals surface area (Å²) in [6, 6.07) is 4.11. The van der Waals surface area contributed by atoms with Crippen LogP contribution in [0.15, 0.2) is 18.2 Å². The smallest absolute Gasteiger partial charge is 0.422 e. The summed E-state index contributed by atoms with van der Waals surface area (Å²) >= 11 is 0. The minimum atomic E-state index is -1.23. The van der Waals surface area contributed by atoms with Gasteiger partial charge < -0.3 is 19.5 Å². The lowest BCUT2D eigenvalue weighted by Crippen LogP contribution is -2.37. The molecule has 0 bridgehead atoms. The predicted molar refractivity (Wildman–Crippen MR) is 74.3 cm³/mol. The van der Waals surface area contributed by atoms with Crippen LogP contribution in [0.1, 0.15) is 0 Å². The summed E-state index contributed by atoms with van der Waals surface area (Å²) in [5.74, 6) is -1.24. The topological polar surface area (TPSA) is 79.3 Å². The number of imide groups is 1. The summed E-state index contributed by atoms with van der Waals surface area (Å²) in [6.07, 6.45) is -2.14. The standard InChI is InChI=1S/C14H15FN2O5/c15-10-7-9(17-13(19)12(8-18)22-14(17)20)1-2-11(10)16-3-5-21-6-4-16/h1-2,7,12,18H,3-6,8H2/t12-/m1/s1. The van der Waals surface area contributed by atoms with E-state index in [4.69, 9.17) is 14.6 Å². The molecule has 8 heteroatoms. The fourth-order valence-corrected chi connectivity index (χ4v) is 2.50. The molecule has 2 amide bonds. The Labute approximate surface area is 125 Å². The molecule has 2 saturated heterocycles. The van der Waals surface area contributed by atoms with Gasteiger partial charge in [-0.25, -0.2) is 14.1 Å². The summed E-state index contributed by atoms with van der Waals surface area (Å²) in [6.45, 7) is 1.60. The summed E-state index contributed by atoms with van der Waals surface area (Å²) in [4.78, 5) is 26.2. The van der Waals surface area contributed by atoms with E-state index >= 15 is 0 Å². The molecule has 1 aromatic carbocycles. The Bertz CT molecular complexity index is 603. The van der Waals surface area contributed by atoms with Crippen molar-refractivity contribution in [2.75, 3.05) is 42.7 Å². The maximum atomic E-state index is 14.3. The zero-order valence-corrected chi connectivity index (χ0v) is 11.7. The van der Waals surface area contributed by atoms with Gasteiger partial charge in [-0.1, -0.05) is 0 Å². The molecule has 0 aliphatic carbocycles. The Kier molecular flexibility index (Phi) is 3.95. The molecule has 0 spiro atoms. The highest BCUT2D eigenvalue weighted by Gasteiger charge is 2.41. The number of halogens is 1. The third kappa shape index (κ3) is 2.51. The van der Waals surface area contributed by atoms with Gasteiger partial charge in [-0.15, -0.1) is 0 Å². The van der Waals surface area contributed by atoms with Crippen LogP contribution in [0.25, 0.3) is 0 Å². The lowest BCUT2D eigenvalue weighted by molar-refractivity contribution is -0.123. The molecule has 2 aliphatic heterocycles. The van der Waals surface area contributed by atoms with Crippen molar-refractivity contribution in [3.8, 4) is 0 Å². The molecule has 0 unspecified atom stereocenters. The zero-order valence-electron chi connectivity index (χ0n) is 11.7. The number of carbonyl (C=O) groups excluding carboxylic acids is 2. The van der Waals surface area contributed by atoms with Gasteiger partial charge in [0.1, 0.15) is 5.82 Å². The van der Waals surface area contributed by atoms with Crippen LogP contribution in [0.5, 0.6) is 0 Å². The number of carbonyl (C=O) groups is 2. The fourth-order valence-electron chi connectivity index (χ4n) is 2.50. The molecule has 0 radical (unpaired) electrons. The first-order chi connectivity index (χ1) is 10.6. The molecule has 0 saturated carbocycles. The van der Waals surface area contributed by atoms with Crippen LogP contribution in [-0.4, -0.2) is 56.1 Å². The van der Waals surface area contributed by atoms with Crippen LogP contribution in [0.3, 0.4) is 0 Å². The average Bonchev–Trinajstić information content (AvgIpc) is 2.82. The van der Waals surface area contributed by atoms with Gasteiger partial charge >= 0.3 is 6.09 Å². The van der Waals surface area contributed by atoms with E-state index < -0.39 is 30.5 Å². The number of anilines is 2. The van der Waals surface area contributed by atoms with Crippen molar-refractivity contribution in [3.05, 3.63) is 24.0 Å². The molecule has 1 atom stereocenters. The van der Waals surface area contributed by atoms with E-state index in [1.807, 2.05) is 4.90 Å². The number of rotatable bonds is 3. The largest absolute Gasteiger partial charge is 0.433 e. The molecule has 118 valence electrons. The van der Waals surface area contributed by atoms with Gasteiger partial charge in [0.25, 0.3) is 5.91 Å². The zero-order chi connectivity index (χ0) is 15.7. The van der Waals surface area contributed by atoms with Crippen molar-refractivity contribution in [1.82, 2.24) is 0 Å².